The number of carboxylic acid groups (broad SMARTS) is 1. The molecule has 0 radical (unpaired) electrons. The van der Waals surface area contributed by atoms with E-state index in [0.29, 0.717) is 19.4 Å². The van der Waals surface area contributed by atoms with E-state index in [2.05, 4.69) is 29.6 Å². The number of likely N-dealkylation sites (tertiary alicyclic amines) is 1. The predicted octanol–water partition coefficient (Wildman–Crippen LogP) is 4.80. The van der Waals surface area contributed by atoms with Gasteiger partial charge in [0.15, 0.2) is 0 Å². The van der Waals surface area contributed by atoms with Crippen molar-refractivity contribution >= 4 is 18.0 Å². The van der Waals surface area contributed by atoms with Gasteiger partial charge in [-0.1, -0.05) is 68.8 Å². The Bertz CT molecular complexity index is 1070. The van der Waals surface area contributed by atoms with E-state index < -0.39 is 23.6 Å². The van der Waals surface area contributed by atoms with Crippen LogP contribution in [0.3, 0.4) is 0 Å². The van der Waals surface area contributed by atoms with E-state index in [4.69, 9.17) is 4.74 Å². The molecular weight excluding hydrogens is 444 g/mol. The Morgan fingerprint density at radius 2 is 1.69 bits per heavy atom. The van der Waals surface area contributed by atoms with E-state index in [1.54, 1.807) is 6.92 Å². The number of piperidine rings is 1. The molecule has 1 unspecified atom stereocenters. The van der Waals surface area contributed by atoms with E-state index in [1.807, 2.05) is 38.1 Å². The number of carbonyl (C=O) groups is 3. The van der Waals surface area contributed by atoms with Crippen LogP contribution >= 0.6 is 0 Å². The fourth-order valence-electron chi connectivity index (χ4n) is 5.31. The van der Waals surface area contributed by atoms with Crippen molar-refractivity contribution < 1.29 is 24.2 Å². The van der Waals surface area contributed by atoms with Gasteiger partial charge < -0.3 is 20.1 Å². The van der Waals surface area contributed by atoms with Crippen LogP contribution in [0.15, 0.2) is 48.5 Å². The highest BCUT2D eigenvalue weighted by molar-refractivity contribution is 5.91. The second-order valence-electron chi connectivity index (χ2n) is 9.86. The summed E-state index contributed by atoms with van der Waals surface area (Å²) >= 11 is 0. The largest absolute Gasteiger partial charge is 0.480 e. The third-order valence-corrected chi connectivity index (χ3v) is 7.71. The molecule has 0 bridgehead atoms. The third-order valence-electron chi connectivity index (χ3n) is 7.71. The lowest BCUT2D eigenvalue weighted by Crippen LogP contribution is -2.62. The van der Waals surface area contributed by atoms with Gasteiger partial charge in [0.1, 0.15) is 18.2 Å². The number of carbonyl (C=O) groups excluding carboxylic acids is 2. The molecule has 0 saturated carbocycles. The molecule has 0 aromatic heterocycles. The Hall–Kier alpha value is -3.35. The van der Waals surface area contributed by atoms with Crippen LogP contribution in [0.4, 0.5) is 4.79 Å². The van der Waals surface area contributed by atoms with Crippen molar-refractivity contribution in [2.24, 2.45) is 5.92 Å². The molecular formula is C28H34N2O5. The SMILES string of the molecule is CC[C@H](C)[C@H](NC(=O)OCC1c2ccccc2-c2ccccc21)C(=O)N1CCCCC1(C)C(=O)O. The molecule has 4 rings (SSSR count). The first kappa shape index (κ1) is 24.8. The van der Waals surface area contributed by atoms with Crippen LogP contribution in [0.5, 0.6) is 0 Å². The number of amides is 2. The maximum Gasteiger partial charge on any atom is 0.407 e. The predicted molar refractivity (Wildman–Crippen MR) is 133 cm³/mol. The summed E-state index contributed by atoms with van der Waals surface area (Å²) in [7, 11) is 0. The highest BCUT2D eigenvalue weighted by Gasteiger charge is 2.46. The number of nitrogens with one attached hydrogen (secondary N) is 1. The summed E-state index contributed by atoms with van der Waals surface area (Å²) in [6.45, 7) is 5.93. The first-order chi connectivity index (χ1) is 16.8. The minimum absolute atomic E-state index is 0.0803. The van der Waals surface area contributed by atoms with Crippen LogP contribution in [-0.2, 0) is 14.3 Å². The minimum atomic E-state index is -1.27. The van der Waals surface area contributed by atoms with Gasteiger partial charge in [0.25, 0.3) is 0 Å². The van der Waals surface area contributed by atoms with Crippen LogP contribution in [0.25, 0.3) is 11.1 Å². The summed E-state index contributed by atoms with van der Waals surface area (Å²) in [5.41, 5.74) is 3.23. The highest BCUT2D eigenvalue weighted by Crippen LogP contribution is 2.44. The van der Waals surface area contributed by atoms with Crippen molar-refractivity contribution in [3.63, 3.8) is 0 Å². The maximum atomic E-state index is 13.5. The van der Waals surface area contributed by atoms with Crippen molar-refractivity contribution in [1.29, 1.82) is 0 Å². The molecule has 7 heteroatoms. The summed E-state index contributed by atoms with van der Waals surface area (Å²) in [5, 5.41) is 12.6. The fraction of sp³-hybridized carbons (Fsp3) is 0.464. The standard InChI is InChI=1S/C28H34N2O5/c1-4-18(2)24(25(31)30-16-10-9-15-28(30,3)26(32)33)29-27(34)35-17-23-21-13-7-5-11-19(21)20-12-6-8-14-22(20)23/h5-8,11-14,18,23-24H,4,9-10,15-17H2,1-3H3,(H,29,34)(H,32,33)/t18-,24-,28?/m0/s1. The van der Waals surface area contributed by atoms with Crippen molar-refractivity contribution in [3.8, 4) is 11.1 Å². The van der Waals surface area contributed by atoms with Crippen LogP contribution in [0.2, 0.25) is 0 Å². The molecule has 186 valence electrons. The quantitative estimate of drug-likeness (QED) is 0.596. The number of hydrogen-bond donors (Lipinski definition) is 2. The Morgan fingerprint density at radius 1 is 1.09 bits per heavy atom. The molecule has 1 fully saturated rings. The molecule has 2 aromatic rings. The van der Waals surface area contributed by atoms with Gasteiger partial charge in [-0.3, -0.25) is 4.79 Å². The van der Waals surface area contributed by atoms with Crippen molar-refractivity contribution in [2.75, 3.05) is 13.2 Å². The molecule has 2 N–H and O–H groups in total. The first-order valence-corrected chi connectivity index (χ1v) is 12.4. The maximum absolute atomic E-state index is 13.5. The van der Waals surface area contributed by atoms with E-state index in [1.165, 1.54) is 4.90 Å². The highest BCUT2D eigenvalue weighted by atomic mass is 16.5. The smallest absolute Gasteiger partial charge is 0.407 e. The van der Waals surface area contributed by atoms with Crippen LogP contribution in [-0.4, -0.2) is 52.7 Å². The van der Waals surface area contributed by atoms with Crippen molar-refractivity contribution in [3.05, 3.63) is 59.7 Å². The van der Waals surface area contributed by atoms with Gasteiger partial charge in [-0.25, -0.2) is 9.59 Å². The Balaban J connectivity index is 1.48. The topological polar surface area (TPSA) is 95.9 Å². The molecule has 1 saturated heterocycles. The summed E-state index contributed by atoms with van der Waals surface area (Å²) in [6.07, 6.45) is 1.87. The number of carboxylic acids is 1. The van der Waals surface area contributed by atoms with Gasteiger partial charge in [0.05, 0.1) is 0 Å². The second-order valence-corrected chi connectivity index (χ2v) is 9.86. The van der Waals surface area contributed by atoms with Gasteiger partial charge in [-0.2, -0.15) is 0 Å². The molecule has 1 heterocycles. The zero-order valence-electron chi connectivity index (χ0n) is 20.6. The van der Waals surface area contributed by atoms with Gasteiger partial charge in [0, 0.05) is 12.5 Å². The fourth-order valence-corrected chi connectivity index (χ4v) is 5.31. The lowest BCUT2D eigenvalue weighted by atomic mass is 9.86. The Labute approximate surface area is 206 Å². The molecule has 3 atom stereocenters. The van der Waals surface area contributed by atoms with Gasteiger partial charge in [-0.15, -0.1) is 0 Å². The van der Waals surface area contributed by atoms with Crippen molar-refractivity contribution in [2.45, 2.75) is 64.0 Å². The van der Waals surface area contributed by atoms with Crippen molar-refractivity contribution in [1.82, 2.24) is 10.2 Å². The van der Waals surface area contributed by atoms with Gasteiger partial charge in [-0.05, 0) is 54.4 Å². The lowest BCUT2D eigenvalue weighted by molar-refractivity contribution is -0.162. The summed E-state index contributed by atoms with van der Waals surface area (Å²) in [6, 6.07) is 15.4. The van der Waals surface area contributed by atoms with E-state index in [-0.39, 0.29) is 24.3 Å². The molecule has 7 nitrogen and oxygen atoms in total. The molecule has 2 aromatic carbocycles. The van der Waals surface area contributed by atoms with Crippen LogP contribution in [0, 0.1) is 5.92 Å². The van der Waals surface area contributed by atoms with E-state index >= 15 is 0 Å². The van der Waals surface area contributed by atoms with Crippen LogP contribution < -0.4 is 5.32 Å². The second kappa shape index (κ2) is 10.1. The molecule has 1 aliphatic heterocycles. The summed E-state index contributed by atoms with van der Waals surface area (Å²) < 4.78 is 5.66. The molecule has 0 spiro atoms. The summed E-state index contributed by atoms with van der Waals surface area (Å²) in [5.74, 6) is -1.64. The molecule has 2 amide bonds. The number of hydrogen-bond acceptors (Lipinski definition) is 4. The number of ether oxygens (including phenoxy) is 1. The average molecular weight is 479 g/mol. The number of aliphatic carboxylic acids is 1. The minimum Gasteiger partial charge on any atom is -0.480 e. The number of rotatable bonds is 7. The lowest BCUT2D eigenvalue weighted by Gasteiger charge is -2.43. The zero-order chi connectivity index (χ0) is 25.2. The number of nitrogens with zero attached hydrogens (tertiary/aromatic N) is 1. The number of alkyl carbamates (subject to hydrolysis) is 1. The van der Waals surface area contributed by atoms with Gasteiger partial charge in [0.2, 0.25) is 5.91 Å². The molecule has 35 heavy (non-hydrogen) atoms. The average Bonchev–Trinajstić information content (AvgIpc) is 3.19. The normalized spacial score (nSPS) is 20.9. The Morgan fingerprint density at radius 3 is 2.26 bits per heavy atom. The van der Waals surface area contributed by atoms with Gasteiger partial charge >= 0.3 is 12.1 Å². The third kappa shape index (κ3) is 4.64. The summed E-state index contributed by atoms with van der Waals surface area (Å²) in [4.78, 5) is 39.9. The monoisotopic (exact) mass is 478 g/mol. The molecule has 1 aliphatic carbocycles. The Kier molecular flexibility index (Phi) is 7.15. The first-order valence-electron chi connectivity index (χ1n) is 12.4. The van der Waals surface area contributed by atoms with Crippen LogP contribution in [0.1, 0.15) is 63.5 Å². The van der Waals surface area contributed by atoms with E-state index in [0.717, 1.165) is 35.1 Å². The van der Waals surface area contributed by atoms with E-state index in [9.17, 15) is 19.5 Å². The number of fused-ring (bicyclic) bond motifs is 3. The number of benzene rings is 2. The molecule has 2 aliphatic rings. The zero-order valence-corrected chi connectivity index (χ0v) is 20.6.